The molecule has 0 aliphatic carbocycles. The second-order valence-electron chi connectivity index (χ2n) is 6.70. The van der Waals surface area contributed by atoms with Crippen LogP contribution in [0.5, 0.6) is 0 Å². The van der Waals surface area contributed by atoms with E-state index in [1.807, 2.05) is 0 Å². The van der Waals surface area contributed by atoms with Gasteiger partial charge in [0, 0.05) is 31.0 Å². The summed E-state index contributed by atoms with van der Waals surface area (Å²) in [5, 5.41) is 7.58. The molecule has 0 saturated carbocycles. The number of nitrogens with one attached hydrogen (secondary N) is 1. The molecule has 1 fully saturated rings. The second-order valence-corrected chi connectivity index (χ2v) is 6.70. The highest BCUT2D eigenvalue weighted by molar-refractivity contribution is 5.85. The fourth-order valence-corrected chi connectivity index (χ4v) is 3.96. The first-order chi connectivity index (χ1) is 12.1. The minimum atomic E-state index is -0.754. The lowest BCUT2D eigenvalue weighted by molar-refractivity contribution is -0.144. The van der Waals surface area contributed by atoms with Gasteiger partial charge in [0.05, 0.1) is 0 Å². The number of benzene rings is 1. The Hall–Kier alpha value is -2.28. The van der Waals surface area contributed by atoms with Gasteiger partial charge in [-0.2, -0.15) is 5.10 Å². The third kappa shape index (κ3) is 2.63. The number of fused-ring (bicyclic) bond motifs is 1. The molecule has 1 aromatic carbocycles. The summed E-state index contributed by atoms with van der Waals surface area (Å²) in [6.07, 6.45) is 5.06. The summed E-state index contributed by atoms with van der Waals surface area (Å²) in [6.45, 7) is 1.94. The normalized spacial score (nSPS) is 19.5. The Morgan fingerprint density at radius 3 is 2.56 bits per heavy atom. The van der Waals surface area contributed by atoms with Crippen LogP contribution < -0.4 is 5.32 Å². The van der Waals surface area contributed by atoms with Crippen molar-refractivity contribution in [2.24, 2.45) is 0 Å². The maximum absolute atomic E-state index is 14.2. The van der Waals surface area contributed by atoms with Gasteiger partial charge in [0.25, 0.3) is 5.91 Å². The van der Waals surface area contributed by atoms with E-state index < -0.39 is 17.2 Å². The van der Waals surface area contributed by atoms with E-state index >= 15 is 0 Å². The molecule has 2 aliphatic rings. The highest BCUT2D eigenvalue weighted by Gasteiger charge is 2.45. The molecule has 1 N–H and O–H groups in total. The number of aromatic nitrogens is 2. The van der Waals surface area contributed by atoms with Gasteiger partial charge in [0.15, 0.2) is 0 Å². The van der Waals surface area contributed by atoms with E-state index in [1.165, 1.54) is 0 Å². The summed E-state index contributed by atoms with van der Waals surface area (Å²) in [4.78, 5) is 15.1. The quantitative estimate of drug-likeness (QED) is 0.903. The van der Waals surface area contributed by atoms with E-state index in [9.17, 15) is 13.6 Å². The molecule has 1 aromatic heterocycles. The van der Waals surface area contributed by atoms with Crippen LogP contribution in [0.4, 0.5) is 8.78 Å². The van der Waals surface area contributed by atoms with Gasteiger partial charge >= 0.3 is 0 Å². The lowest BCUT2D eigenvalue weighted by Gasteiger charge is -2.41. The van der Waals surface area contributed by atoms with Crippen LogP contribution in [-0.2, 0) is 23.3 Å². The molecule has 25 heavy (non-hydrogen) atoms. The van der Waals surface area contributed by atoms with Gasteiger partial charge < -0.3 is 10.2 Å². The maximum Gasteiger partial charge on any atom is 0.250 e. The predicted octanol–water partition coefficient (Wildman–Crippen LogP) is 1.82. The van der Waals surface area contributed by atoms with Gasteiger partial charge in [-0.05, 0) is 56.1 Å². The number of hydrogen-bond donors (Lipinski definition) is 1. The van der Waals surface area contributed by atoms with Crippen molar-refractivity contribution < 1.29 is 13.6 Å². The Kier molecular flexibility index (Phi) is 4.03. The van der Waals surface area contributed by atoms with Crippen LogP contribution in [0, 0.1) is 11.6 Å². The number of amides is 1. The largest absolute Gasteiger partial charge is 0.336 e. The molecule has 2 aliphatic heterocycles. The lowest BCUT2D eigenvalue weighted by Crippen LogP contribution is -2.56. The molecule has 0 spiro atoms. The highest BCUT2D eigenvalue weighted by atomic mass is 19.1. The first kappa shape index (κ1) is 16.2. The SMILES string of the molecule is O=C(N1CCc2c(F)ccc(F)c2C1)C1(n2cccn2)CCNCC1. The van der Waals surface area contributed by atoms with Crippen LogP contribution in [-0.4, -0.2) is 40.2 Å². The van der Waals surface area contributed by atoms with Crippen LogP contribution in [0.25, 0.3) is 0 Å². The molecule has 2 aromatic rings. The van der Waals surface area contributed by atoms with E-state index in [1.54, 1.807) is 28.0 Å². The molecule has 1 amide bonds. The van der Waals surface area contributed by atoms with E-state index in [2.05, 4.69) is 10.4 Å². The third-order valence-corrected chi connectivity index (χ3v) is 5.36. The van der Waals surface area contributed by atoms with Crippen molar-refractivity contribution in [1.29, 1.82) is 0 Å². The van der Waals surface area contributed by atoms with E-state index in [-0.39, 0.29) is 12.5 Å². The molecule has 0 bridgehead atoms. The fourth-order valence-electron chi connectivity index (χ4n) is 3.96. The second kappa shape index (κ2) is 6.22. The molecule has 5 nitrogen and oxygen atoms in total. The Morgan fingerprint density at radius 1 is 1.16 bits per heavy atom. The van der Waals surface area contributed by atoms with Gasteiger partial charge in [0.2, 0.25) is 0 Å². The average Bonchev–Trinajstić information content (AvgIpc) is 3.20. The average molecular weight is 346 g/mol. The van der Waals surface area contributed by atoms with Crippen molar-refractivity contribution in [1.82, 2.24) is 20.0 Å². The van der Waals surface area contributed by atoms with Crippen LogP contribution in [0.3, 0.4) is 0 Å². The number of carbonyl (C=O) groups excluding carboxylic acids is 1. The van der Waals surface area contributed by atoms with Crippen molar-refractivity contribution in [3.63, 3.8) is 0 Å². The predicted molar refractivity (Wildman–Crippen MR) is 87.8 cm³/mol. The first-order valence-corrected chi connectivity index (χ1v) is 8.58. The molecular weight excluding hydrogens is 326 g/mol. The highest BCUT2D eigenvalue weighted by Crippen LogP contribution is 2.32. The molecule has 1 saturated heterocycles. The minimum absolute atomic E-state index is 0.0630. The van der Waals surface area contributed by atoms with Gasteiger partial charge in [-0.15, -0.1) is 0 Å². The van der Waals surface area contributed by atoms with Crippen molar-refractivity contribution in [2.75, 3.05) is 19.6 Å². The minimum Gasteiger partial charge on any atom is -0.336 e. The van der Waals surface area contributed by atoms with Crippen LogP contribution in [0.1, 0.15) is 24.0 Å². The topological polar surface area (TPSA) is 50.2 Å². The van der Waals surface area contributed by atoms with Gasteiger partial charge in [0.1, 0.15) is 17.2 Å². The van der Waals surface area contributed by atoms with Crippen LogP contribution in [0.15, 0.2) is 30.6 Å². The number of carbonyl (C=O) groups is 1. The van der Waals surface area contributed by atoms with Gasteiger partial charge in [-0.3, -0.25) is 9.48 Å². The molecular formula is C18H20F2N4O. The zero-order valence-electron chi connectivity index (χ0n) is 13.8. The lowest BCUT2D eigenvalue weighted by atomic mass is 9.85. The number of hydrogen-bond acceptors (Lipinski definition) is 3. The Bertz CT molecular complexity index is 785. The zero-order valence-corrected chi connectivity index (χ0v) is 13.8. The van der Waals surface area contributed by atoms with Crippen molar-refractivity contribution in [2.45, 2.75) is 31.3 Å². The summed E-state index contributed by atoms with van der Waals surface area (Å²) in [7, 11) is 0. The standard InChI is InChI=1S/C18H20F2N4O/c19-15-2-3-16(20)14-12-23(11-4-13(14)15)17(25)18(5-8-21-9-6-18)24-10-1-7-22-24/h1-3,7,10,21H,4-6,8-9,11-12H2. The van der Waals surface area contributed by atoms with E-state index in [0.29, 0.717) is 36.9 Å². The number of nitrogens with zero attached hydrogens (tertiary/aromatic N) is 3. The van der Waals surface area contributed by atoms with Crippen molar-refractivity contribution in [3.8, 4) is 0 Å². The third-order valence-electron chi connectivity index (χ3n) is 5.36. The van der Waals surface area contributed by atoms with Crippen molar-refractivity contribution in [3.05, 3.63) is 53.4 Å². The zero-order chi connectivity index (χ0) is 17.4. The summed E-state index contributed by atoms with van der Waals surface area (Å²) in [6, 6.07) is 4.09. The monoisotopic (exact) mass is 346 g/mol. The molecule has 0 atom stereocenters. The smallest absolute Gasteiger partial charge is 0.250 e. The molecule has 132 valence electrons. The molecule has 3 heterocycles. The van der Waals surface area contributed by atoms with E-state index in [0.717, 1.165) is 25.2 Å². The summed E-state index contributed by atoms with van der Waals surface area (Å²) >= 11 is 0. The summed E-state index contributed by atoms with van der Waals surface area (Å²) in [5.74, 6) is -0.911. The maximum atomic E-state index is 14.2. The first-order valence-electron chi connectivity index (χ1n) is 8.58. The molecule has 0 radical (unpaired) electrons. The van der Waals surface area contributed by atoms with Gasteiger partial charge in [-0.1, -0.05) is 0 Å². The van der Waals surface area contributed by atoms with E-state index in [4.69, 9.17) is 0 Å². The summed E-state index contributed by atoms with van der Waals surface area (Å²) in [5.41, 5.74) is -0.0672. The Morgan fingerprint density at radius 2 is 1.88 bits per heavy atom. The van der Waals surface area contributed by atoms with Crippen LogP contribution in [0.2, 0.25) is 0 Å². The van der Waals surface area contributed by atoms with Crippen LogP contribution >= 0.6 is 0 Å². The Labute approximate surface area is 144 Å². The number of halogens is 2. The fraction of sp³-hybridized carbons (Fsp3) is 0.444. The molecule has 4 rings (SSSR count). The molecule has 0 unspecified atom stereocenters. The Balaban J connectivity index is 1.67. The number of rotatable bonds is 2. The summed E-state index contributed by atoms with van der Waals surface area (Å²) < 4.78 is 29.8. The molecule has 7 heteroatoms. The van der Waals surface area contributed by atoms with Crippen molar-refractivity contribution >= 4 is 5.91 Å². The van der Waals surface area contributed by atoms with Gasteiger partial charge in [-0.25, -0.2) is 8.78 Å². The number of piperidine rings is 1.